The van der Waals surface area contributed by atoms with Crippen molar-refractivity contribution in [3.8, 4) is 28.5 Å². The summed E-state index contributed by atoms with van der Waals surface area (Å²) >= 11 is 0. The van der Waals surface area contributed by atoms with E-state index in [0.717, 1.165) is 5.56 Å². The van der Waals surface area contributed by atoms with Crippen LogP contribution in [0.3, 0.4) is 0 Å². The number of amides is 1. The third-order valence-corrected chi connectivity index (χ3v) is 8.88. The second-order valence-corrected chi connectivity index (χ2v) is 10.6. The van der Waals surface area contributed by atoms with E-state index in [2.05, 4.69) is 9.88 Å². The van der Waals surface area contributed by atoms with Crippen LogP contribution in [0, 0.1) is 10.8 Å². The summed E-state index contributed by atoms with van der Waals surface area (Å²) in [6.45, 7) is 8.06. The molecule has 1 aliphatic carbocycles. The highest BCUT2D eigenvalue weighted by Gasteiger charge is 2.76. The van der Waals surface area contributed by atoms with Gasteiger partial charge in [0.25, 0.3) is 5.91 Å². The highest BCUT2D eigenvalue weighted by molar-refractivity contribution is 5.96. The van der Waals surface area contributed by atoms with Gasteiger partial charge in [0, 0.05) is 43.4 Å². The fraction of sp³-hybridized carbons (Fsp3) is 0.556. The summed E-state index contributed by atoms with van der Waals surface area (Å²) in [5, 5.41) is 0. The van der Waals surface area contributed by atoms with E-state index in [4.69, 9.17) is 23.9 Å². The van der Waals surface area contributed by atoms with E-state index < -0.39 is 16.4 Å². The van der Waals surface area contributed by atoms with Crippen molar-refractivity contribution in [2.75, 3.05) is 52.4 Å². The molecule has 1 amide bonds. The highest BCUT2D eigenvalue weighted by atomic mass is 16.6. The van der Waals surface area contributed by atoms with Gasteiger partial charge in [-0.05, 0) is 38.0 Å². The number of aromatic nitrogens is 2. The second-order valence-electron chi connectivity index (χ2n) is 10.6. The fourth-order valence-corrected chi connectivity index (χ4v) is 5.98. The number of rotatable bonds is 6. The lowest BCUT2D eigenvalue weighted by Crippen LogP contribution is -2.59. The molecule has 0 N–H and O–H groups in total. The molecule has 198 valence electrons. The number of hydrogen-bond acceptors (Lipinski definition) is 9. The molecule has 0 radical (unpaired) electrons. The fourth-order valence-electron chi connectivity index (χ4n) is 5.98. The molecule has 5 rings (SSSR count). The van der Waals surface area contributed by atoms with Crippen molar-refractivity contribution in [1.29, 1.82) is 0 Å². The molecule has 3 fully saturated rings. The number of fused-ring (bicyclic) bond motifs is 2. The Morgan fingerprint density at radius 3 is 2.14 bits per heavy atom. The molecule has 0 unspecified atom stereocenters. The van der Waals surface area contributed by atoms with Crippen molar-refractivity contribution < 1.29 is 28.5 Å². The quantitative estimate of drug-likeness (QED) is 0.543. The average Bonchev–Trinajstić information content (AvgIpc) is 3.22. The van der Waals surface area contributed by atoms with Crippen molar-refractivity contribution >= 4 is 17.8 Å². The van der Waals surface area contributed by atoms with Crippen LogP contribution in [-0.2, 0) is 14.3 Å². The zero-order valence-corrected chi connectivity index (χ0v) is 22.3. The molecule has 37 heavy (non-hydrogen) atoms. The number of ether oxygens (including phenoxy) is 4. The van der Waals surface area contributed by atoms with Crippen molar-refractivity contribution in [3.05, 3.63) is 24.4 Å². The van der Waals surface area contributed by atoms with E-state index in [9.17, 15) is 9.59 Å². The van der Waals surface area contributed by atoms with Crippen molar-refractivity contribution in [2.24, 2.45) is 10.8 Å². The minimum absolute atomic E-state index is 0.0844. The van der Waals surface area contributed by atoms with Crippen LogP contribution in [0.15, 0.2) is 24.4 Å². The maximum Gasteiger partial charge on any atom is 0.313 e. The van der Waals surface area contributed by atoms with Crippen LogP contribution < -0.4 is 19.1 Å². The van der Waals surface area contributed by atoms with Crippen LogP contribution in [-0.4, -0.2) is 79.9 Å². The SMILES string of the molecule is COc1cc(-c2ccnc(N3CCN(C(=O)[C@]45CC[C@@](C)(C(=O)O4)C5(C)C)CC3)n2)cc(OC)c1OC. The van der Waals surface area contributed by atoms with Gasteiger partial charge in [-0.15, -0.1) is 0 Å². The minimum atomic E-state index is -1.08. The summed E-state index contributed by atoms with van der Waals surface area (Å²) in [5.41, 5.74) is -0.731. The van der Waals surface area contributed by atoms with E-state index in [1.54, 1.807) is 27.5 Å². The van der Waals surface area contributed by atoms with Crippen molar-refractivity contribution in [3.63, 3.8) is 0 Å². The van der Waals surface area contributed by atoms with Crippen LogP contribution >= 0.6 is 0 Å². The molecule has 1 saturated carbocycles. The number of piperazine rings is 1. The molecule has 2 atom stereocenters. The Hall–Kier alpha value is -3.56. The molecule has 2 bridgehead atoms. The molecule has 10 heteroatoms. The number of nitrogens with zero attached hydrogens (tertiary/aromatic N) is 4. The van der Waals surface area contributed by atoms with Crippen molar-refractivity contribution in [1.82, 2.24) is 14.9 Å². The third kappa shape index (κ3) is 3.52. The molecule has 2 saturated heterocycles. The van der Waals surface area contributed by atoms with E-state index in [0.29, 0.717) is 67.9 Å². The van der Waals surface area contributed by atoms with Gasteiger partial charge in [0.2, 0.25) is 11.7 Å². The normalized spacial score (nSPS) is 26.2. The third-order valence-electron chi connectivity index (χ3n) is 8.88. The molecule has 1 aromatic carbocycles. The number of hydrogen-bond donors (Lipinski definition) is 0. The van der Waals surface area contributed by atoms with Crippen molar-refractivity contribution in [2.45, 2.75) is 39.2 Å². The highest BCUT2D eigenvalue weighted by Crippen LogP contribution is 2.66. The van der Waals surface area contributed by atoms with Crippen LogP contribution in [0.5, 0.6) is 17.2 Å². The van der Waals surface area contributed by atoms with Gasteiger partial charge < -0.3 is 28.7 Å². The number of esters is 1. The summed E-state index contributed by atoms with van der Waals surface area (Å²) < 4.78 is 22.2. The monoisotopic (exact) mass is 510 g/mol. The molecule has 0 spiro atoms. The lowest BCUT2D eigenvalue weighted by atomic mass is 9.66. The largest absolute Gasteiger partial charge is 0.493 e. The lowest BCUT2D eigenvalue weighted by molar-refractivity contribution is -0.174. The summed E-state index contributed by atoms with van der Waals surface area (Å²) in [7, 11) is 4.72. The zero-order chi connectivity index (χ0) is 26.6. The number of anilines is 1. The molecule has 3 aliphatic rings. The summed E-state index contributed by atoms with van der Waals surface area (Å²) in [4.78, 5) is 39.5. The van der Waals surface area contributed by atoms with Gasteiger partial charge in [0.1, 0.15) is 0 Å². The molecule has 3 heterocycles. The first-order valence-corrected chi connectivity index (χ1v) is 12.5. The Morgan fingerprint density at radius 2 is 1.62 bits per heavy atom. The van der Waals surface area contributed by atoms with Gasteiger partial charge in [-0.25, -0.2) is 9.97 Å². The maximum atomic E-state index is 13.7. The first-order valence-electron chi connectivity index (χ1n) is 12.5. The first kappa shape index (κ1) is 25.1. The Labute approximate surface area is 216 Å². The summed E-state index contributed by atoms with van der Waals surface area (Å²) in [6.07, 6.45) is 2.96. The van der Waals surface area contributed by atoms with E-state index >= 15 is 0 Å². The smallest absolute Gasteiger partial charge is 0.313 e. The topological polar surface area (TPSA) is 103 Å². The maximum absolute atomic E-state index is 13.7. The first-order chi connectivity index (χ1) is 17.6. The standard InChI is InChI=1S/C27H34N4O6/c1-25(2)26(3)8-9-27(25,37-23(26)33)22(32)30-11-13-31(14-12-30)24-28-10-7-18(29-24)17-15-19(34-4)21(36-6)20(16-17)35-5/h7,10,15-16H,8-9,11-14H2,1-6H3/t26-,27-/m0/s1. The van der Waals surface area contributed by atoms with Crippen LogP contribution in [0.4, 0.5) is 5.95 Å². The van der Waals surface area contributed by atoms with Gasteiger partial charge in [0.05, 0.1) is 32.4 Å². The van der Waals surface area contributed by atoms with E-state index in [-0.39, 0.29) is 11.9 Å². The predicted molar refractivity (Wildman–Crippen MR) is 136 cm³/mol. The Bertz CT molecular complexity index is 1220. The lowest BCUT2D eigenvalue weighted by Gasteiger charge is -2.42. The Morgan fingerprint density at radius 1 is 0.973 bits per heavy atom. The number of carbonyl (C=O) groups is 2. The van der Waals surface area contributed by atoms with Crippen LogP contribution in [0.1, 0.15) is 33.6 Å². The molecule has 2 aliphatic heterocycles. The Balaban J connectivity index is 1.33. The van der Waals surface area contributed by atoms with Gasteiger partial charge in [0.15, 0.2) is 17.1 Å². The number of benzene rings is 1. The Kier molecular flexibility index (Phi) is 5.96. The second kappa shape index (κ2) is 8.78. The molecular weight excluding hydrogens is 476 g/mol. The predicted octanol–water partition coefficient (Wildman–Crippen LogP) is 2.94. The molecule has 1 aromatic heterocycles. The van der Waals surface area contributed by atoms with Gasteiger partial charge >= 0.3 is 5.97 Å². The molecular formula is C27H34N4O6. The summed E-state index contributed by atoms with van der Waals surface area (Å²) in [5.74, 6) is 1.84. The molecule has 10 nitrogen and oxygen atoms in total. The van der Waals surface area contributed by atoms with E-state index in [1.165, 1.54) is 0 Å². The average molecular weight is 511 g/mol. The van der Waals surface area contributed by atoms with E-state index in [1.807, 2.05) is 43.9 Å². The van der Waals surface area contributed by atoms with Gasteiger partial charge in [-0.1, -0.05) is 13.8 Å². The number of methoxy groups -OCH3 is 3. The minimum Gasteiger partial charge on any atom is -0.493 e. The number of carbonyl (C=O) groups excluding carboxylic acids is 2. The van der Waals surface area contributed by atoms with Gasteiger partial charge in [-0.3, -0.25) is 9.59 Å². The summed E-state index contributed by atoms with van der Waals surface area (Å²) in [6, 6.07) is 5.53. The molecule has 2 aromatic rings. The van der Waals surface area contributed by atoms with Gasteiger partial charge in [-0.2, -0.15) is 0 Å². The van der Waals surface area contributed by atoms with Crippen LogP contribution in [0.2, 0.25) is 0 Å². The van der Waals surface area contributed by atoms with Crippen LogP contribution in [0.25, 0.3) is 11.3 Å². The zero-order valence-electron chi connectivity index (χ0n) is 22.3.